The first-order chi connectivity index (χ1) is 35.2. The fraction of sp³-hybridized carbons (Fsp3) is 0.436. The highest BCUT2D eigenvalue weighted by Gasteiger charge is 2.73. The molecule has 4 heterocycles. The van der Waals surface area contributed by atoms with Gasteiger partial charge in [0.15, 0.2) is 17.6 Å². The number of aromatic amines is 1. The third kappa shape index (κ3) is 9.30. The minimum Gasteiger partial charge on any atom is -0.504 e. The van der Waals surface area contributed by atoms with E-state index in [0.29, 0.717) is 58.9 Å². The summed E-state index contributed by atoms with van der Waals surface area (Å²) >= 11 is 12.3. The number of aromatic hydroxyl groups is 1. The van der Waals surface area contributed by atoms with E-state index in [1.54, 1.807) is 48.3 Å². The van der Waals surface area contributed by atoms with Crippen molar-refractivity contribution in [2.24, 2.45) is 5.92 Å². The largest absolute Gasteiger partial charge is 0.504 e. The van der Waals surface area contributed by atoms with Crippen molar-refractivity contribution < 1.29 is 38.9 Å². The van der Waals surface area contributed by atoms with Gasteiger partial charge in [-0.2, -0.15) is 0 Å². The molecule has 3 aliphatic carbocycles. The highest BCUT2D eigenvalue weighted by molar-refractivity contribution is 6.42. The Kier molecular flexibility index (Phi) is 13.2. The summed E-state index contributed by atoms with van der Waals surface area (Å²) in [6.45, 7) is 3.66. The number of halogens is 2. The van der Waals surface area contributed by atoms with Crippen LogP contribution in [-0.2, 0) is 48.7 Å². The van der Waals surface area contributed by atoms with Gasteiger partial charge in [0.1, 0.15) is 0 Å². The molecule has 3 fully saturated rings. The summed E-state index contributed by atoms with van der Waals surface area (Å²) in [5.41, 5.74) is 5.45. The molecule has 18 heteroatoms. The summed E-state index contributed by atoms with van der Waals surface area (Å²) in [4.78, 5) is 75.3. The van der Waals surface area contributed by atoms with Crippen LogP contribution in [0.1, 0.15) is 90.6 Å². The molecule has 11 rings (SSSR count). The van der Waals surface area contributed by atoms with Gasteiger partial charge >= 0.3 is 0 Å². The number of likely N-dealkylation sites (N-methyl/N-ethyl adjacent to an activating group) is 1. The zero-order chi connectivity index (χ0) is 50.8. The Bertz CT molecular complexity index is 3050. The minimum atomic E-state index is -1.12. The smallest absolute Gasteiger partial charge is 0.243 e. The molecule has 4 aromatic carbocycles. The number of aromatic nitrogens is 1. The van der Waals surface area contributed by atoms with E-state index in [1.165, 1.54) is 12.8 Å². The van der Waals surface area contributed by atoms with Gasteiger partial charge in [0.2, 0.25) is 29.5 Å². The van der Waals surface area contributed by atoms with Crippen LogP contribution in [-0.4, -0.2) is 124 Å². The van der Waals surface area contributed by atoms with Crippen molar-refractivity contribution >= 4 is 75.0 Å². The van der Waals surface area contributed by atoms with E-state index in [0.717, 1.165) is 83.4 Å². The number of piperidine rings is 1. The first-order valence-electron chi connectivity index (χ1n) is 25.5. The number of carbonyl (C=O) groups is 5. The Morgan fingerprint density at radius 1 is 0.863 bits per heavy atom. The first kappa shape index (κ1) is 49.1. The van der Waals surface area contributed by atoms with Gasteiger partial charge < -0.3 is 51.0 Å². The number of rotatable bonds is 17. The zero-order valence-electron chi connectivity index (χ0n) is 40.7. The quantitative estimate of drug-likeness (QED) is 0.0553. The molecule has 1 spiro atoms. The van der Waals surface area contributed by atoms with E-state index in [1.807, 2.05) is 36.4 Å². The van der Waals surface area contributed by atoms with E-state index in [-0.39, 0.29) is 56.1 Å². The average molecular weight is 1030 g/mol. The lowest BCUT2D eigenvalue weighted by molar-refractivity contribution is -0.173. The molecule has 73 heavy (non-hydrogen) atoms. The summed E-state index contributed by atoms with van der Waals surface area (Å²) in [5.74, 6) is -0.813. The lowest BCUT2D eigenvalue weighted by Crippen LogP contribution is -2.74. The second-order valence-corrected chi connectivity index (χ2v) is 21.7. The number of hydrogen-bond acceptors (Lipinski definition) is 10. The SMILES string of the molecule is CN(C(=O)Cc1ccc(Cl)c(Cl)c1)[C@H](CN1CCCC1)c1cccc(NC(=O)CNC(=O)CCC(=O)NCC(=O)Nc2ccc3c4c([nH]c3c2)[C@@H]2Oc3c(O)ccc5c3[C@@]23CCN(CC2CC2)[C@@H](C5)[C@]3(O)C4)c1. The lowest BCUT2D eigenvalue weighted by Gasteiger charge is -2.62. The predicted octanol–water partition coefficient (Wildman–Crippen LogP) is 6.31. The van der Waals surface area contributed by atoms with Gasteiger partial charge in [-0.25, -0.2) is 0 Å². The number of likely N-dealkylation sites (tertiary alicyclic amines) is 2. The Balaban J connectivity index is 0.663. The topological polar surface area (TPSA) is 209 Å². The van der Waals surface area contributed by atoms with Crippen molar-refractivity contribution in [2.45, 2.75) is 93.4 Å². The van der Waals surface area contributed by atoms with Crippen molar-refractivity contribution in [2.75, 3.05) is 63.5 Å². The molecule has 2 bridgehead atoms. The van der Waals surface area contributed by atoms with E-state index in [4.69, 9.17) is 27.9 Å². The fourth-order valence-electron chi connectivity index (χ4n) is 12.5. The fourth-order valence-corrected chi connectivity index (χ4v) is 12.8. The zero-order valence-corrected chi connectivity index (χ0v) is 42.2. The number of phenols is 1. The molecule has 7 N–H and O–H groups in total. The number of phenolic OH excluding ortho intramolecular Hbond substituents is 1. The summed E-state index contributed by atoms with van der Waals surface area (Å²) in [6, 6.07) is 21.4. The molecule has 1 aromatic heterocycles. The summed E-state index contributed by atoms with van der Waals surface area (Å²) in [6.07, 6.45) is 5.66. The predicted molar refractivity (Wildman–Crippen MR) is 277 cm³/mol. The number of anilines is 2. The summed E-state index contributed by atoms with van der Waals surface area (Å²) in [5, 5.41) is 36.7. The Morgan fingerprint density at radius 2 is 1.59 bits per heavy atom. The molecule has 5 amide bonds. The summed E-state index contributed by atoms with van der Waals surface area (Å²) in [7, 11) is 1.78. The maximum absolute atomic E-state index is 13.6. The van der Waals surface area contributed by atoms with Gasteiger partial charge in [-0.1, -0.05) is 53.5 Å². The number of ether oxygens (including phenoxy) is 1. The number of fused-ring (bicyclic) bond motifs is 4. The molecular formula is C55H60Cl2N8O8. The van der Waals surface area contributed by atoms with Crippen LogP contribution >= 0.6 is 23.2 Å². The van der Waals surface area contributed by atoms with Gasteiger partial charge in [-0.3, -0.25) is 28.9 Å². The van der Waals surface area contributed by atoms with Gasteiger partial charge in [0.05, 0.1) is 52.3 Å². The standard InChI is InChI=1S/C55H60Cl2N8O8/c1-63(49(71)22-32-9-13-39(56)40(57)21-32)42(30-64-18-2-3-19-64)33-5-4-6-35(23-33)60-47(69)27-58-45(67)15-16-46(68)59-28-48(70)61-36-11-12-37-38-26-55(72)44-24-34-10-14-43(66)52-50(34)54(55,17-20-65(44)29-31-7-8-31)53(73-52)51(38)62-41(37)25-36/h4-6,9-14,21,23,25,31,42,44,53,62,66,72H,2-3,7-8,15-20,22,24,26-30H2,1H3,(H,58,67)(H,59,68)(H,60,69)(H,61,70)/t42-,44+,53+,54+,55-/m1/s1. The Morgan fingerprint density at radius 3 is 2.30 bits per heavy atom. The Labute approximate surface area is 433 Å². The van der Waals surface area contributed by atoms with E-state index < -0.39 is 40.7 Å². The minimum absolute atomic E-state index is 0.0814. The van der Waals surface area contributed by atoms with Crippen molar-refractivity contribution in [3.05, 3.63) is 116 Å². The van der Waals surface area contributed by atoms with Crippen LogP contribution in [0.2, 0.25) is 10.0 Å². The highest BCUT2D eigenvalue weighted by Crippen LogP contribution is 2.69. The Hall–Kier alpha value is -6.17. The number of amides is 5. The highest BCUT2D eigenvalue weighted by atomic mass is 35.5. The van der Waals surface area contributed by atoms with Crippen LogP contribution < -0.4 is 26.0 Å². The first-order valence-corrected chi connectivity index (χ1v) is 26.2. The molecule has 1 saturated carbocycles. The number of carbonyl (C=O) groups excluding carboxylic acids is 5. The number of hydrogen-bond donors (Lipinski definition) is 7. The third-order valence-electron chi connectivity index (χ3n) is 16.3. The van der Waals surface area contributed by atoms with Crippen molar-refractivity contribution in [3.63, 3.8) is 0 Å². The van der Waals surface area contributed by atoms with E-state index in [2.05, 4.69) is 36.1 Å². The molecule has 2 saturated heterocycles. The van der Waals surface area contributed by atoms with E-state index >= 15 is 0 Å². The molecule has 6 aliphatic rings. The van der Waals surface area contributed by atoms with Crippen molar-refractivity contribution in [3.8, 4) is 11.5 Å². The maximum Gasteiger partial charge on any atom is 0.243 e. The number of nitrogens with zero attached hydrogens (tertiary/aromatic N) is 3. The van der Waals surface area contributed by atoms with Crippen molar-refractivity contribution in [1.82, 2.24) is 30.3 Å². The van der Waals surface area contributed by atoms with Crippen LogP contribution in [0.25, 0.3) is 10.9 Å². The molecule has 0 unspecified atom stereocenters. The van der Waals surface area contributed by atoms with Crippen molar-refractivity contribution in [1.29, 1.82) is 0 Å². The molecule has 16 nitrogen and oxygen atoms in total. The monoisotopic (exact) mass is 1030 g/mol. The molecule has 3 aliphatic heterocycles. The summed E-state index contributed by atoms with van der Waals surface area (Å²) < 4.78 is 6.72. The average Bonchev–Trinajstić information content (AvgIpc) is 3.72. The maximum atomic E-state index is 13.6. The lowest BCUT2D eigenvalue weighted by atomic mass is 9.49. The number of nitrogens with one attached hydrogen (secondary N) is 5. The number of benzene rings is 4. The van der Waals surface area contributed by atoms with Crippen LogP contribution in [0, 0.1) is 5.92 Å². The number of aliphatic hydroxyl groups is 1. The van der Waals surface area contributed by atoms with Crippen LogP contribution in [0.5, 0.6) is 11.5 Å². The third-order valence-corrected chi connectivity index (χ3v) is 17.0. The molecule has 0 radical (unpaired) electrons. The second kappa shape index (κ2) is 19.6. The molecular weight excluding hydrogens is 972 g/mol. The molecule has 5 atom stereocenters. The normalized spacial score (nSPS) is 23.0. The van der Waals surface area contributed by atoms with Crippen LogP contribution in [0.15, 0.2) is 72.8 Å². The van der Waals surface area contributed by atoms with Gasteiger partial charge in [0, 0.05) is 73.3 Å². The van der Waals surface area contributed by atoms with Crippen LogP contribution in [0.3, 0.4) is 0 Å². The van der Waals surface area contributed by atoms with E-state index in [9.17, 15) is 34.2 Å². The second-order valence-electron chi connectivity index (χ2n) is 20.9. The van der Waals surface area contributed by atoms with Gasteiger partial charge in [0.25, 0.3) is 0 Å². The molecule has 382 valence electrons. The molecule has 5 aromatic rings. The van der Waals surface area contributed by atoms with Gasteiger partial charge in [-0.05, 0) is 129 Å². The van der Waals surface area contributed by atoms with Crippen LogP contribution in [0.4, 0.5) is 11.4 Å². The number of H-pyrrole nitrogens is 1. The van der Waals surface area contributed by atoms with Gasteiger partial charge in [-0.15, -0.1) is 0 Å².